The molecule has 1 N–H and O–H groups in total. The first-order valence-electron chi connectivity index (χ1n) is 4.75. The fourth-order valence-corrected chi connectivity index (χ4v) is 2.15. The average Bonchev–Trinajstić information content (AvgIpc) is 2.63. The predicted octanol–water partition coefficient (Wildman–Crippen LogP) is 1.93. The Morgan fingerprint density at radius 3 is 2.76 bits per heavy atom. The van der Waals surface area contributed by atoms with Gasteiger partial charge in [-0.25, -0.2) is 9.78 Å². The van der Waals surface area contributed by atoms with Crippen molar-refractivity contribution in [1.82, 2.24) is 15.2 Å². The Morgan fingerprint density at radius 1 is 1.41 bits per heavy atom. The highest BCUT2D eigenvalue weighted by molar-refractivity contribution is 7.99. The topological polar surface area (TPSA) is 89.1 Å². The third-order valence-corrected chi connectivity index (χ3v) is 2.87. The summed E-state index contributed by atoms with van der Waals surface area (Å²) >= 11 is 1.05. The lowest BCUT2D eigenvalue weighted by atomic mass is 10.2. The molecule has 0 saturated carbocycles. The maximum Gasteiger partial charge on any atom is 0.338 e. The highest BCUT2D eigenvalue weighted by atomic mass is 32.2. The number of aromatic carboxylic acids is 1. The highest BCUT2D eigenvalue weighted by Gasteiger charge is 2.17. The van der Waals surface area contributed by atoms with Crippen LogP contribution < -0.4 is 0 Å². The van der Waals surface area contributed by atoms with Crippen LogP contribution in [0.5, 0.6) is 0 Å². The molecule has 0 unspecified atom stereocenters. The van der Waals surface area contributed by atoms with Gasteiger partial charge in [0, 0.05) is 13.1 Å². The van der Waals surface area contributed by atoms with Crippen LogP contribution in [-0.4, -0.2) is 26.3 Å². The number of aromatic nitrogens is 3. The molecule has 0 aromatic carbocycles. The molecular weight excluding hydrogens is 242 g/mol. The van der Waals surface area contributed by atoms with E-state index in [-0.39, 0.29) is 10.8 Å². The monoisotopic (exact) mass is 251 g/mol. The van der Waals surface area contributed by atoms with Crippen molar-refractivity contribution in [2.45, 2.75) is 24.1 Å². The zero-order valence-corrected chi connectivity index (χ0v) is 9.98. The molecule has 0 aliphatic carbocycles. The summed E-state index contributed by atoms with van der Waals surface area (Å²) in [5.41, 5.74) is 0.805. The molecule has 0 bridgehead atoms. The Labute approximate surface area is 101 Å². The first-order valence-corrected chi connectivity index (χ1v) is 5.56. The number of carboxylic acids is 1. The van der Waals surface area contributed by atoms with Crippen molar-refractivity contribution in [2.75, 3.05) is 0 Å². The SMILES string of the molecule is Cc1nnc(Sc2nccc(C)c2C(=O)O)o1. The molecule has 17 heavy (non-hydrogen) atoms. The molecule has 0 radical (unpaired) electrons. The van der Waals surface area contributed by atoms with Crippen molar-refractivity contribution in [2.24, 2.45) is 0 Å². The van der Waals surface area contributed by atoms with Crippen LogP contribution in [0, 0.1) is 13.8 Å². The van der Waals surface area contributed by atoms with Crippen LogP contribution in [0.15, 0.2) is 26.9 Å². The summed E-state index contributed by atoms with van der Waals surface area (Å²) in [5, 5.41) is 17.2. The Balaban J connectivity index is 2.39. The third-order valence-electron chi connectivity index (χ3n) is 2.03. The van der Waals surface area contributed by atoms with Gasteiger partial charge in [0.1, 0.15) is 5.03 Å². The van der Waals surface area contributed by atoms with Gasteiger partial charge >= 0.3 is 5.97 Å². The molecule has 0 atom stereocenters. The van der Waals surface area contributed by atoms with Gasteiger partial charge in [0.25, 0.3) is 5.22 Å². The van der Waals surface area contributed by atoms with Gasteiger partial charge in [-0.15, -0.1) is 10.2 Å². The minimum absolute atomic E-state index is 0.161. The van der Waals surface area contributed by atoms with Crippen LogP contribution in [0.4, 0.5) is 0 Å². The van der Waals surface area contributed by atoms with E-state index in [1.54, 1.807) is 26.1 Å². The first-order chi connectivity index (χ1) is 8.08. The van der Waals surface area contributed by atoms with Gasteiger partial charge in [-0.05, 0) is 30.3 Å². The van der Waals surface area contributed by atoms with Crippen LogP contribution in [-0.2, 0) is 0 Å². The second kappa shape index (κ2) is 4.54. The number of hydrogen-bond donors (Lipinski definition) is 1. The van der Waals surface area contributed by atoms with Crippen LogP contribution in [0.2, 0.25) is 0 Å². The van der Waals surface area contributed by atoms with Gasteiger partial charge in [-0.3, -0.25) is 0 Å². The van der Waals surface area contributed by atoms with Crippen molar-refractivity contribution in [3.05, 3.63) is 29.3 Å². The number of hydrogen-bond acceptors (Lipinski definition) is 6. The standard InChI is InChI=1S/C10H9N3O3S/c1-5-3-4-11-8(7(5)9(14)15)17-10-13-12-6(2)16-10/h3-4H,1-2H3,(H,14,15). The maximum atomic E-state index is 11.1. The quantitative estimate of drug-likeness (QED) is 0.891. The summed E-state index contributed by atoms with van der Waals surface area (Å²) in [7, 11) is 0. The van der Waals surface area contributed by atoms with Crippen LogP contribution in [0.3, 0.4) is 0 Å². The minimum Gasteiger partial charge on any atom is -0.478 e. The molecule has 0 aliphatic rings. The van der Waals surface area contributed by atoms with Crippen molar-refractivity contribution >= 4 is 17.7 Å². The zero-order valence-electron chi connectivity index (χ0n) is 9.17. The van der Waals surface area contributed by atoms with E-state index in [0.29, 0.717) is 16.5 Å². The summed E-state index contributed by atoms with van der Waals surface area (Å²) in [6.07, 6.45) is 1.55. The van der Waals surface area contributed by atoms with E-state index in [2.05, 4.69) is 15.2 Å². The summed E-state index contributed by atoms with van der Waals surface area (Å²) in [6, 6.07) is 1.65. The number of rotatable bonds is 3. The first kappa shape index (κ1) is 11.6. The van der Waals surface area contributed by atoms with E-state index in [0.717, 1.165) is 11.8 Å². The average molecular weight is 251 g/mol. The lowest BCUT2D eigenvalue weighted by Gasteiger charge is -2.04. The molecule has 2 heterocycles. The molecule has 2 rings (SSSR count). The van der Waals surface area contributed by atoms with E-state index in [1.807, 2.05) is 0 Å². The maximum absolute atomic E-state index is 11.1. The lowest BCUT2D eigenvalue weighted by molar-refractivity contribution is 0.0691. The van der Waals surface area contributed by atoms with Gasteiger partial charge in [0.2, 0.25) is 5.89 Å². The number of nitrogens with zero attached hydrogens (tertiary/aromatic N) is 3. The largest absolute Gasteiger partial charge is 0.478 e. The minimum atomic E-state index is -1.02. The summed E-state index contributed by atoms with van der Waals surface area (Å²) in [6.45, 7) is 3.38. The van der Waals surface area contributed by atoms with Gasteiger partial charge in [-0.2, -0.15) is 0 Å². The van der Waals surface area contributed by atoms with Gasteiger partial charge in [0.05, 0.1) is 5.56 Å². The van der Waals surface area contributed by atoms with Crippen LogP contribution in [0.1, 0.15) is 21.8 Å². The zero-order chi connectivity index (χ0) is 12.4. The lowest BCUT2D eigenvalue weighted by Crippen LogP contribution is -2.03. The number of aryl methyl sites for hydroxylation is 2. The Kier molecular flexibility index (Phi) is 3.10. The fraction of sp³-hybridized carbons (Fsp3) is 0.200. The van der Waals surface area contributed by atoms with Crippen molar-refractivity contribution in [1.29, 1.82) is 0 Å². The van der Waals surface area contributed by atoms with Gasteiger partial charge in [-0.1, -0.05) is 0 Å². The van der Waals surface area contributed by atoms with E-state index in [4.69, 9.17) is 9.52 Å². The summed E-state index contributed by atoms with van der Waals surface area (Å²) in [4.78, 5) is 15.1. The summed E-state index contributed by atoms with van der Waals surface area (Å²) < 4.78 is 5.17. The number of carboxylic acid groups (broad SMARTS) is 1. The van der Waals surface area contributed by atoms with Crippen LogP contribution in [0.25, 0.3) is 0 Å². The molecule has 7 heteroatoms. The van der Waals surface area contributed by atoms with Crippen molar-refractivity contribution in [3.63, 3.8) is 0 Å². The van der Waals surface area contributed by atoms with Crippen molar-refractivity contribution < 1.29 is 14.3 Å². The molecule has 88 valence electrons. The molecule has 0 aliphatic heterocycles. The van der Waals surface area contributed by atoms with Crippen molar-refractivity contribution in [3.8, 4) is 0 Å². The fourth-order valence-electron chi connectivity index (χ4n) is 1.27. The molecule has 0 spiro atoms. The van der Waals surface area contributed by atoms with E-state index in [1.165, 1.54) is 0 Å². The van der Waals surface area contributed by atoms with E-state index < -0.39 is 5.97 Å². The Morgan fingerprint density at radius 2 is 2.18 bits per heavy atom. The molecule has 6 nitrogen and oxygen atoms in total. The summed E-state index contributed by atoms with van der Waals surface area (Å²) in [5.74, 6) is -0.591. The molecule has 0 fully saturated rings. The smallest absolute Gasteiger partial charge is 0.338 e. The second-order valence-corrected chi connectivity index (χ2v) is 4.24. The normalized spacial score (nSPS) is 10.5. The highest BCUT2D eigenvalue weighted by Crippen LogP contribution is 2.28. The van der Waals surface area contributed by atoms with Crippen LogP contribution >= 0.6 is 11.8 Å². The van der Waals surface area contributed by atoms with Gasteiger partial charge < -0.3 is 9.52 Å². The Hall–Kier alpha value is -1.89. The number of pyridine rings is 1. The molecular formula is C10H9N3O3S. The number of carbonyl (C=O) groups is 1. The molecule has 0 amide bonds. The second-order valence-electron chi connectivity index (χ2n) is 3.30. The molecule has 0 saturated heterocycles. The van der Waals surface area contributed by atoms with E-state index in [9.17, 15) is 4.79 Å². The van der Waals surface area contributed by atoms with Gasteiger partial charge in [0.15, 0.2) is 0 Å². The molecule has 2 aromatic rings. The van der Waals surface area contributed by atoms with E-state index >= 15 is 0 Å². The third kappa shape index (κ3) is 2.44. The predicted molar refractivity (Wildman–Crippen MR) is 59.1 cm³/mol. The molecule has 2 aromatic heterocycles. The Bertz CT molecular complexity index is 568.